The van der Waals surface area contributed by atoms with Gasteiger partial charge in [-0.15, -0.1) is 5.10 Å². The fraction of sp³-hybridized carbons (Fsp3) is 0.700. The van der Waals surface area contributed by atoms with E-state index in [4.69, 9.17) is 5.26 Å². The number of hydrogen-bond donors (Lipinski definition) is 0. The lowest BCUT2D eigenvalue weighted by atomic mass is 10.1. The molecular formula is C10H16N4. The Morgan fingerprint density at radius 3 is 2.71 bits per heavy atom. The van der Waals surface area contributed by atoms with Crippen LogP contribution in [0.1, 0.15) is 50.9 Å². The van der Waals surface area contributed by atoms with Crippen LogP contribution in [0.15, 0.2) is 0 Å². The van der Waals surface area contributed by atoms with E-state index >= 15 is 0 Å². The third kappa shape index (κ3) is 2.11. The molecule has 1 heterocycles. The van der Waals surface area contributed by atoms with Gasteiger partial charge in [-0.05, 0) is 6.42 Å². The second kappa shape index (κ2) is 4.75. The summed E-state index contributed by atoms with van der Waals surface area (Å²) in [6.07, 6.45) is 2.14. The Kier molecular flexibility index (Phi) is 3.63. The van der Waals surface area contributed by atoms with Crippen molar-refractivity contribution in [3.63, 3.8) is 0 Å². The summed E-state index contributed by atoms with van der Waals surface area (Å²) in [5, 5.41) is 17.0. The molecule has 0 bridgehead atoms. The van der Waals surface area contributed by atoms with Crippen molar-refractivity contribution in [2.24, 2.45) is 0 Å². The lowest BCUT2D eigenvalue weighted by Crippen LogP contribution is -2.03. The standard InChI is InChI=1S/C10H16N4/c1-4-5-6-14-9(7-11)10(8(2)3)12-13-14/h8H,4-6H2,1-3H3. The highest BCUT2D eigenvalue weighted by Gasteiger charge is 2.14. The molecule has 0 aliphatic heterocycles. The Morgan fingerprint density at radius 1 is 1.50 bits per heavy atom. The number of nitrogens with zero attached hydrogens (tertiary/aromatic N) is 4. The molecule has 0 spiro atoms. The van der Waals surface area contributed by atoms with E-state index in [1.165, 1.54) is 0 Å². The zero-order valence-corrected chi connectivity index (χ0v) is 8.99. The van der Waals surface area contributed by atoms with Gasteiger partial charge in [-0.2, -0.15) is 5.26 Å². The van der Waals surface area contributed by atoms with Crippen LogP contribution in [0.2, 0.25) is 0 Å². The van der Waals surface area contributed by atoms with Gasteiger partial charge in [0.15, 0.2) is 5.69 Å². The van der Waals surface area contributed by atoms with Crippen LogP contribution in [0.25, 0.3) is 0 Å². The van der Waals surface area contributed by atoms with E-state index < -0.39 is 0 Å². The van der Waals surface area contributed by atoms with Crippen LogP contribution in [-0.2, 0) is 6.54 Å². The van der Waals surface area contributed by atoms with E-state index in [-0.39, 0.29) is 5.92 Å². The van der Waals surface area contributed by atoms with Gasteiger partial charge >= 0.3 is 0 Å². The molecule has 0 N–H and O–H groups in total. The predicted molar refractivity (Wildman–Crippen MR) is 53.7 cm³/mol. The first-order valence-electron chi connectivity index (χ1n) is 5.04. The minimum absolute atomic E-state index is 0.264. The Hall–Kier alpha value is -1.37. The van der Waals surface area contributed by atoms with Crippen molar-refractivity contribution in [1.29, 1.82) is 5.26 Å². The largest absolute Gasteiger partial charge is 0.234 e. The third-order valence-corrected chi connectivity index (χ3v) is 2.14. The molecule has 0 radical (unpaired) electrons. The van der Waals surface area contributed by atoms with Crippen molar-refractivity contribution in [1.82, 2.24) is 15.0 Å². The molecule has 0 aliphatic rings. The molecule has 14 heavy (non-hydrogen) atoms. The molecule has 0 unspecified atom stereocenters. The summed E-state index contributed by atoms with van der Waals surface area (Å²) in [5.41, 5.74) is 1.43. The van der Waals surface area contributed by atoms with Crippen LogP contribution in [0.4, 0.5) is 0 Å². The summed E-state index contributed by atoms with van der Waals surface area (Å²) >= 11 is 0. The van der Waals surface area contributed by atoms with E-state index in [0.717, 1.165) is 25.1 Å². The highest BCUT2D eigenvalue weighted by molar-refractivity contribution is 5.27. The van der Waals surface area contributed by atoms with E-state index in [2.05, 4.69) is 23.3 Å². The molecule has 1 aromatic rings. The topological polar surface area (TPSA) is 54.5 Å². The molecule has 4 heteroatoms. The zero-order valence-electron chi connectivity index (χ0n) is 8.99. The number of rotatable bonds is 4. The second-order valence-corrected chi connectivity index (χ2v) is 3.67. The van der Waals surface area contributed by atoms with Crippen molar-refractivity contribution in [3.8, 4) is 6.07 Å². The summed E-state index contributed by atoms with van der Waals surface area (Å²) in [6.45, 7) is 6.95. The molecule has 0 fully saturated rings. The Bertz CT molecular complexity index is 332. The molecule has 4 nitrogen and oxygen atoms in total. The normalized spacial score (nSPS) is 10.5. The van der Waals surface area contributed by atoms with Crippen LogP contribution in [0.3, 0.4) is 0 Å². The average molecular weight is 192 g/mol. The van der Waals surface area contributed by atoms with E-state index in [1.54, 1.807) is 4.68 Å². The Morgan fingerprint density at radius 2 is 2.21 bits per heavy atom. The molecule has 0 aromatic carbocycles. The summed E-state index contributed by atoms with van der Waals surface area (Å²) in [7, 11) is 0. The molecular weight excluding hydrogens is 176 g/mol. The average Bonchev–Trinajstić information content (AvgIpc) is 2.57. The van der Waals surface area contributed by atoms with Crippen molar-refractivity contribution < 1.29 is 0 Å². The number of unbranched alkanes of at least 4 members (excludes halogenated alkanes) is 1. The van der Waals surface area contributed by atoms with Crippen molar-refractivity contribution in [2.75, 3.05) is 0 Å². The molecule has 0 saturated carbocycles. The van der Waals surface area contributed by atoms with Gasteiger partial charge in [0.1, 0.15) is 11.8 Å². The van der Waals surface area contributed by atoms with Gasteiger partial charge < -0.3 is 0 Å². The SMILES string of the molecule is CCCCn1nnc(C(C)C)c1C#N. The fourth-order valence-electron chi connectivity index (χ4n) is 1.29. The van der Waals surface area contributed by atoms with Gasteiger partial charge in [0.2, 0.25) is 0 Å². The van der Waals surface area contributed by atoms with E-state index in [9.17, 15) is 0 Å². The maximum Gasteiger partial charge on any atom is 0.162 e. The van der Waals surface area contributed by atoms with Gasteiger partial charge in [-0.25, -0.2) is 4.68 Å². The van der Waals surface area contributed by atoms with Crippen LogP contribution < -0.4 is 0 Å². The Labute approximate surface area is 84.5 Å². The summed E-state index contributed by atoms with van der Waals surface area (Å²) in [4.78, 5) is 0. The zero-order chi connectivity index (χ0) is 10.6. The van der Waals surface area contributed by atoms with Crippen LogP contribution in [0.5, 0.6) is 0 Å². The minimum Gasteiger partial charge on any atom is -0.234 e. The van der Waals surface area contributed by atoms with Gasteiger partial charge in [0.05, 0.1) is 0 Å². The van der Waals surface area contributed by atoms with Gasteiger partial charge in [0.25, 0.3) is 0 Å². The molecule has 1 rings (SSSR count). The number of nitriles is 1. The minimum atomic E-state index is 0.264. The Balaban J connectivity index is 2.91. The lowest BCUT2D eigenvalue weighted by molar-refractivity contribution is 0.548. The maximum atomic E-state index is 8.99. The molecule has 0 aliphatic carbocycles. The fourth-order valence-corrected chi connectivity index (χ4v) is 1.29. The van der Waals surface area contributed by atoms with E-state index in [1.807, 2.05) is 13.8 Å². The third-order valence-electron chi connectivity index (χ3n) is 2.14. The number of hydrogen-bond acceptors (Lipinski definition) is 3. The predicted octanol–water partition coefficient (Wildman–Crippen LogP) is 2.07. The molecule has 0 amide bonds. The highest BCUT2D eigenvalue weighted by atomic mass is 15.4. The molecule has 0 saturated heterocycles. The van der Waals surface area contributed by atoms with Gasteiger partial charge in [-0.1, -0.05) is 32.4 Å². The molecule has 0 atom stereocenters. The molecule has 76 valence electrons. The maximum absolute atomic E-state index is 8.99. The first-order chi connectivity index (χ1) is 6.70. The number of aryl methyl sites for hydroxylation is 1. The van der Waals surface area contributed by atoms with Crippen molar-refractivity contribution in [3.05, 3.63) is 11.4 Å². The molecule has 1 aromatic heterocycles. The van der Waals surface area contributed by atoms with Crippen LogP contribution in [-0.4, -0.2) is 15.0 Å². The van der Waals surface area contributed by atoms with Gasteiger partial charge in [0, 0.05) is 12.5 Å². The highest BCUT2D eigenvalue weighted by Crippen LogP contribution is 2.15. The van der Waals surface area contributed by atoms with E-state index in [0.29, 0.717) is 5.69 Å². The van der Waals surface area contributed by atoms with Crippen LogP contribution >= 0.6 is 0 Å². The quantitative estimate of drug-likeness (QED) is 0.733. The summed E-state index contributed by atoms with van der Waals surface area (Å²) < 4.78 is 1.71. The first kappa shape index (κ1) is 10.7. The number of aromatic nitrogens is 3. The van der Waals surface area contributed by atoms with Crippen molar-refractivity contribution in [2.45, 2.75) is 46.1 Å². The monoisotopic (exact) mass is 192 g/mol. The first-order valence-corrected chi connectivity index (χ1v) is 5.04. The lowest BCUT2D eigenvalue weighted by Gasteiger charge is -2.01. The summed E-state index contributed by atoms with van der Waals surface area (Å²) in [5.74, 6) is 0.264. The second-order valence-electron chi connectivity index (χ2n) is 3.67. The van der Waals surface area contributed by atoms with Crippen molar-refractivity contribution >= 4 is 0 Å². The van der Waals surface area contributed by atoms with Crippen LogP contribution in [0, 0.1) is 11.3 Å². The summed E-state index contributed by atoms with van der Waals surface area (Å²) in [6, 6.07) is 2.17. The smallest absolute Gasteiger partial charge is 0.162 e. The van der Waals surface area contributed by atoms with Gasteiger partial charge in [-0.3, -0.25) is 0 Å².